The zero-order chi connectivity index (χ0) is 28.2. The molecule has 1 aliphatic carbocycles. The molecule has 0 radical (unpaired) electrons. The molecule has 0 fully saturated rings. The monoisotopic (exact) mass is 541 g/mol. The molecule has 206 valence electrons. The molecule has 7 heteroatoms. The second-order valence-electron chi connectivity index (χ2n) is 10.1. The van der Waals surface area contributed by atoms with Crippen LogP contribution in [0.3, 0.4) is 0 Å². The molecule has 0 saturated carbocycles. The van der Waals surface area contributed by atoms with Gasteiger partial charge in [-0.1, -0.05) is 48.5 Å². The van der Waals surface area contributed by atoms with E-state index >= 15 is 0 Å². The van der Waals surface area contributed by atoms with Gasteiger partial charge in [0.25, 0.3) is 0 Å². The van der Waals surface area contributed by atoms with Crippen molar-refractivity contribution < 1.29 is 28.2 Å². The van der Waals surface area contributed by atoms with Crippen LogP contribution in [0.25, 0.3) is 0 Å². The predicted octanol–water partition coefficient (Wildman–Crippen LogP) is 5.99. The lowest BCUT2D eigenvalue weighted by Crippen LogP contribution is -2.36. The number of carbonyl (C=O) groups is 2. The van der Waals surface area contributed by atoms with Crippen molar-refractivity contribution in [3.63, 3.8) is 0 Å². The largest absolute Gasteiger partial charge is 0.493 e. The van der Waals surface area contributed by atoms with Gasteiger partial charge < -0.3 is 19.5 Å². The summed E-state index contributed by atoms with van der Waals surface area (Å²) in [6, 6.07) is 21.5. The molecule has 0 bridgehead atoms. The molecule has 0 unspecified atom stereocenters. The smallest absolute Gasteiger partial charge is 0.336 e. The van der Waals surface area contributed by atoms with E-state index in [0.717, 1.165) is 16.8 Å². The van der Waals surface area contributed by atoms with Crippen LogP contribution in [0.4, 0.5) is 4.39 Å². The van der Waals surface area contributed by atoms with E-state index in [4.69, 9.17) is 14.2 Å². The standard InChI is InChI=1S/C33H32FNO5/c1-20-30(33(37)40-15-14-21-8-5-4-6-9-21)31(23-10-7-11-25(34)16-23)32-26(35-20)17-24(18-27(32)36)22-12-13-28(38-2)29(19-22)39-3/h4-13,16,19,24,31,35H,14-15,17-18H2,1-3H3/t24-,31-/m0/s1. The van der Waals surface area contributed by atoms with Crippen LogP contribution in [-0.2, 0) is 20.7 Å². The Morgan fingerprint density at radius 2 is 1.70 bits per heavy atom. The Hall–Kier alpha value is -4.39. The van der Waals surface area contributed by atoms with Gasteiger partial charge in [-0.15, -0.1) is 0 Å². The number of nitrogens with one attached hydrogen (secondary N) is 1. The lowest BCUT2D eigenvalue weighted by molar-refractivity contribution is -0.139. The van der Waals surface area contributed by atoms with Gasteiger partial charge in [0.15, 0.2) is 17.3 Å². The summed E-state index contributed by atoms with van der Waals surface area (Å²) >= 11 is 0. The minimum atomic E-state index is -0.727. The van der Waals surface area contributed by atoms with Crippen molar-refractivity contribution in [2.24, 2.45) is 0 Å². The van der Waals surface area contributed by atoms with E-state index in [1.54, 1.807) is 33.3 Å². The number of ether oxygens (including phenoxy) is 3. The van der Waals surface area contributed by atoms with Gasteiger partial charge in [0.2, 0.25) is 0 Å². The van der Waals surface area contributed by atoms with E-state index in [1.807, 2.05) is 48.5 Å². The van der Waals surface area contributed by atoms with Crippen LogP contribution < -0.4 is 14.8 Å². The molecular weight excluding hydrogens is 509 g/mol. The molecule has 3 aromatic carbocycles. The summed E-state index contributed by atoms with van der Waals surface area (Å²) in [5.74, 6) is -0.656. The highest BCUT2D eigenvalue weighted by Gasteiger charge is 2.41. The second kappa shape index (κ2) is 11.8. The van der Waals surface area contributed by atoms with Crippen LogP contribution in [0.1, 0.15) is 48.3 Å². The fraction of sp³-hybridized carbons (Fsp3) is 0.273. The zero-order valence-corrected chi connectivity index (χ0v) is 22.8. The number of ketones is 1. The summed E-state index contributed by atoms with van der Waals surface area (Å²) in [5, 5.41) is 3.34. The van der Waals surface area contributed by atoms with E-state index < -0.39 is 17.7 Å². The van der Waals surface area contributed by atoms with Gasteiger partial charge in [-0.25, -0.2) is 9.18 Å². The molecule has 1 aliphatic heterocycles. The third-order valence-electron chi connectivity index (χ3n) is 7.58. The second-order valence-corrected chi connectivity index (χ2v) is 10.1. The van der Waals surface area contributed by atoms with E-state index in [2.05, 4.69) is 5.32 Å². The Bertz CT molecular complexity index is 1490. The molecule has 1 heterocycles. The van der Waals surface area contributed by atoms with Crippen LogP contribution in [0.2, 0.25) is 0 Å². The van der Waals surface area contributed by atoms with Crippen LogP contribution in [0.15, 0.2) is 95.3 Å². The molecule has 1 N–H and O–H groups in total. The first-order chi connectivity index (χ1) is 19.4. The number of carbonyl (C=O) groups excluding carboxylic acids is 2. The van der Waals surface area contributed by atoms with Gasteiger partial charge >= 0.3 is 5.97 Å². The van der Waals surface area contributed by atoms with Crippen LogP contribution in [-0.4, -0.2) is 32.6 Å². The molecule has 0 aromatic heterocycles. The van der Waals surface area contributed by atoms with Crippen molar-refractivity contribution in [1.29, 1.82) is 0 Å². The first-order valence-corrected chi connectivity index (χ1v) is 13.3. The number of hydrogen-bond donors (Lipinski definition) is 1. The molecule has 40 heavy (non-hydrogen) atoms. The van der Waals surface area contributed by atoms with Gasteiger partial charge in [0.05, 0.1) is 26.4 Å². The van der Waals surface area contributed by atoms with Crippen LogP contribution in [0, 0.1) is 5.82 Å². The SMILES string of the molecule is COc1ccc([C@@H]2CC(=O)C3=C(C2)NC(C)=C(C(=O)OCCc2ccccc2)[C@@H]3c2cccc(F)c2)cc1OC. The van der Waals surface area contributed by atoms with Crippen molar-refractivity contribution in [1.82, 2.24) is 5.32 Å². The summed E-state index contributed by atoms with van der Waals surface area (Å²) in [7, 11) is 3.16. The summed E-state index contributed by atoms with van der Waals surface area (Å²) in [5.41, 5.74) is 4.70. The molecule has 0 amide bonds. The lowest BCUT2D eigenvalue weighted by atomic mass is 9.71. The van der Waals surface area contributed by atoms with E-state index in [-0.39, 0.29) is 24.7 Å². The van der Waals surface area contributed by atoms with Gasteiger partial charge in [-0.2, -0.15) is 0 Å². The van der Waals surface area contributed by atoms with Crippen LogP contribution in [0.5, 0.6) is 11.5 Å². The third-order valence-corrected chi connectivity index (χ3v) is 7.58. The van der Waals surface area contributed by atoms with E-state index in [1.165, 1.54) is 12.1 Å². The fourth-order valence-electron chi connectivity index (χ4n) is 5.66. The van der Waals surface area contributed by atoms with Crippen molar-refractivity contribution >= 4 is 11.8 Å². The Balaban J connectivity index is 1.46. The average Bonchev–Trinajstić information content (AvgIpc) is 2.96. The number of rotatable bonds is 8. The van der Waals surface area contributed by atoms with Gasteiger partial charge in [-0.05, 0) is 60.2 Å². The Morgan fingerprint density at radius 1 is 0.925 bits per heavy atom. The maximum Gasteiger partial charge on any atom is 0.336 e. The number of hydrogen-bond acceptors (Lipinski definition) is 6. The minimum absolute atomic E-state index is 0.0927. The molecule has 2 aliphatic rings. The van der Waals surface area contributed by atoms with Gasteiger partial charge in [-0.3, -0.25) is 4.79 Å². The first kappa shape index (κ1) is 27.2. The van der Waals surface area contributed by atoms with E-state index in [0.29, 0.717) is 46.7 Å². The topological polar surface area (TPSA) is 73.9 Å². The van der Waals surface area contributed by atoms with Crippen molar-refractivity contribution in [2.45, 2.75) is 38.0 Å². The number of esters is 1. The summed E-state index contributed by atoms with van der Waals surface area (Å²) < 4.78 is 30.9. The molecule has 5 rings (SSSR count). The lowest BCUT2D eigenvalue weighted by Gasteiger charge is -2.36. The Morgan fingerprint density at radius 3 is 2.42 bits per heavy atom. The zero-order valence-electron chi connectivity index (χ0n) is 22.8. The summed E-state index contributed by atoms with van der Waals surface area (Å²) in [4.78, 5) is 27.3. The maximum atomic E-state index is 14.4. The third kappa shape index (κ3) is 5.50. The Labute approximate surface area is 233 Å². The first-order valence-electron chi connectivity index (χ1n) is 13.3. The highest BCUT2D eigenvalue weighted by atomic mass is 19.1. The summed E-state index contributed by atoms with van der Waals surface area (Å²) in [6.07, 6.45) is 1.37. The maximum absolute atomic E-state index is 14.4. The van der Waals surface area contributed by atoms with Crippen molar-refractivity contribution in [3.8, 4) is 11.5 Å². The number of halogens is 1. The Kier molecular flexibility index (Phi) is 8.01. The van der Waals surface area contributed by atoms with Gasteiger partial charge in [0.1, 0.15) is 5.82 Å². The number of dihydropyridines is 1. The normalized spacial score (nSPS) is 18.6. The van der Waals surface area contributed by atoms with Gasteiger partial charge in [0, 0.05) is 35.7 Å². The fourth-order valence-corrected chi connectivity index (χ4v) is 5.66. The average molecular weight is 542 g/mol. The molecule has 0 saturated heterocycles. The highest BCUT2D eigenvalue weighted by molar-refractivity contribution is 6.04. The molecular formula is C33H32FNO5. The highest BCUT2D eigenvalue weighted by Crippen LogP contribution is 2.46. The molecule has 2 atom stereocenters. The predicted molar refractivity (Wildman–Crippen MR) is 150 cm³/mol. The van der Waals surface area contributed by atoms with E-state index in [9.17, 15) is 14.0 Å². The molecule has 3 aromatic rings. The van der Waals surface area contributed by atoms with Crippen molar-refractivity contribution in [3.05, 3.63) is 118 Å². The van der Waals surface area contributed by atoms with Crippen LogP contribution >= 0.6 is 0 Å². The quantitative estimate of drug-likeness (QED) is 0.353. The number of methoxy groups -OCH3 is 2. The summed E-state index contributed by atoms with van der Waals surface area (Å²) in [6.45, 7) is 1.99. The number of allylic oxidation sites excluding steroid dienone is 3. The minimum Gasteiger partial charge on any atom is -0.493 e. The molecule has 0 spiro atoms. The number of Topliss-reactive ketones (excluding diaryl/α,β-unsaturated/α-hetero) is 1. The van der Waals surface area contributed by atoms with Crippen molar-refractivity contribution in [2.75, 3.05) is 20.8 Å². The molecule has 6 nitrogen and oxygen atoms in total. The number of benzene rings is 3.